The minimum Gasteiger partial charge on any atom is -0.497 e. The van der Waals surface area contributed by atoms with Gasteiger partial charge in [0.2, 0.25) is 0 Å². The lowest BCUT2D eigenvalue weighted by Gasteiger charge is -2.07. The molecule has 1 aromatic carbocycles. The largest absolute Gasteiger partial charge is 0.497 e. The molecule has 0 unspecified atom stereocenters. The van der Waals surface area contributed by atoms with E-state index in [0.29, 0.717) is 27.0 Å². The minimum absolute atomic E-state index is 0.128. The maximum atomic E-state index is 12.2. The van der Waals surface area contributed by atoms with Gasteiger partial charge in [-0.1, -0.05) is 17.4 Å². The maximum absolute atomic E-state index is 12.2. The number of carbonyl (C=O) groups excluding carboxylic acids is 2. The van der Waals surface area contributed by atoms with Gasteiger partial charge in [0, 0.05) is 19.7 Å². The number of aryl methyl sites for hydroxylation is 1. The number of anilines is 1. The first-order valence-corrected chi connectivity index (χ1v) is 7.38. The second-order valence-electron chi connectivity index (χ2n) is 4.82. The molecule has 0 saturated heterocycles. The molecule has 0 saturated carbocycles. The van der Waals surface area contributed by atoms with Crippen LogP contribution >= 0.6 is 11.3 Å². The van der Waals surface area contributed by atoms with Crippen molar-refractivity contribution in [3.05, 3.63) is 40.4 Å². The van der Waals surface area contributed by atoms with E-state index >= 15 is 0 Å². The van der Waals surface area contributed by atoms with Gasteiger partial charge in [0.1, 0.15) is 10.6 Å². The fraction of sp³-hybridized carbons (Fsp3) is 0.267. The van der Waals surface area contributed by atoms with Crippen LogP contribution in [-0.2, 0) is 0 Å². The number of carbonyl (C=O) groups is 2. The van der Waals surface area contributed by atoms with Crippen LogP contribution in [0.25, 0.3) is 0 Å². The third-order valence-corrected chi connectivity index (χ3v) is 4.01. The number of amides is 2. The van der Waals surface area contributed by atoms with Crippen molar-refractivity contribution in [1.82, 2.24) is 9.88 Å². The lowest BCUT2D eigenvalue weighted by Crippen LogP contribution is -2.21. The highest BCUT2D eigenvalue weighted by molar-refractivity contribution is 7.17. The first kappa shape index (κ1) is 16.0. The Hall–Kier alpha value is -2.41. The van der Waals surface area contributed by atoms with Crippen molar-refractivity contribution >= 4 is 28.3 Å². The third kappa shape index (κ3) is 3.43. The Labute approximate surface area is 132 Å². The van der Waals surface area contributed by atoms with Gasteiger partial charge in [-0.25, -0.2) is 4.98 Å². The second-order valence-corrected chi connectivity index (χ2v) is 5.82. The summed E-state index contributed by atoms with van der Waals surface area (Å²) < 4.78 is 5.09. The number of thiazole rings is 1. The summed E-state index contributed by atoms with van der Waals surface area (Å²) in [7, 11) is 4.90. The van der Waals surface area contributed by atoms with E-state index in [-0.39, 0.29) is 11.8 Å². The van der Waals surface area contributed by atoms with E-state index in [4.69, 9.17) is 4.74 Å². The van der Waals surface area contributed by atoms with Crippen molar-refractivity contribution in [1.29, 1.82) is 0 Å². The lowest BCUT2D eigenvalue weighted by molar-refractivity contribution is 0.0831. The standard InChI is InChI=1S/C15H17N3O3S/c1-9-12(14(20)18(2)3)22-15(16-9)17-13(19)10-6-5-7-11(8-10)21-4/h5-8H,1-4H3,(H,16,17,19). The number of nitrogens with zero attached hydrogens (tertiary/aromatic N) is 2. The molecule has 6 nitrogen and oxygen atoms in total. The van der Waals surface area contributed by atoms with E-state index in [1.165, 1.54) is 4.90 Å². The highest BCUT2D eigenvalue weighted by Gasteiger charge is 2.18. The summed E-state index contributed by atoms with van der Waals surface area (Å²) >= 11 is 1.16. The first-order chi connectivity index (χ1) is 10.4. The number of rotatable bonds is 4. The topological polar surface area (TPSA) is 71.5 Å². The predicted octanol–water partition coefficient (Wildman–Crippen LogP) is 2.41. The molecular weight excluding hydrogens is 302 g/mol. The SMILES string of the molecule is COc1cccc(C(=O)Nc2nc(C)c(C(=O)N(C)C)s2)c1. The minimum atomic E-state index is -0.295. The van der Waals surface area contributed by atoms with E-state index < -0.39 is 0 Å². The summed E-state index contributed by atoms with van der Waals surface area (Å²) in [5.41, 5.74) is 1.07. The molecule has 1 N–H and O–H groups in total. The molecule has 0 aliphatic heterocycles. The molecule has 2 amide bonds. The molecule has 2 rings (SSSR count). The van der Waals surface area contributed by atoms with Crippen molar-refractivity contribution < 1.29 is 14.3 Å². The van der Waals surface area contributed by atoms with Crippen LogP contribution in [0.1, 0.15) is 25.7 Å². The average Bonchev–Trinajstić information content (AvgIpc) is 2.86. The number of hydrogen-bond acceptors (Lipinski definition) is 5. The van der Waals surface area contributed by atoms with E-state index in [1.54, 1.807) is 52.4 Å². The maximum Gasteiger partial charge on any atom is 0.265 e. The monoisotopic (exact) mass is 319 g/mol. The van der Waals surface area contributed by atoms with Gasteiger partial charge in [-0.15, -0.1) is 0 Å². The Bertz CT molecular complexity index is 710. The zero-order chi connectivity index (χ0) is 16.3. The molecule has 0 bridgehead atoms. The van der Waals surface area contributed by atoms with Crippen LogP contribution in [0, 0.1) is 6.92 Å². The van der Waals surface area contributed by atoms with Gasteiger partial charge >= 0.3 is 0 Å². The summed E-state index contributed by atoms with van der Waals surface area (Å²) in [5.74, 6) is 0.180. The molecular formula is C15H17N3O3S. The summed E-state index contributed by atoms with van der Waals surface area (Å²) in [5, 5.41) is 3.11. The summed E-state index contributed by atoms with van der Waals surface area (Å²) in [4.78, 5) is 30.4. The van der Waals surface area contributed by atoms with Crippen LogP contribution in [-0.4, -0.2) is 42.9 Å². The van der Waals surface area contributed by atoms with E-state index in [1.807, 2.05) is 0 Å². The van der Waals surface area contributed by atoms with E-state index in [0.717, 1.165) is 11.3 Å². The Morgan fingerprint density at radius 1 is 1.32 bits per heavy atom. The van der Waals surface area contributed by atoms with Gasteiger partial charge in [0.05, 0.1) is 12.8 Å². The highest BCUT2D eigenvalue weighted by Crippen LogP contribution is 2.24. The number of nitrogens with one attached hydrogen (secondary N) is 1. The second kappa shape index (κ2) is 6.57. The van der Waals surface area contributed by atoms with Crippen LogP contribution in [0.3, 0.4) is 0 Å². The molecule has 7 heteroatoms. The fourth-order valence-corrected chi connectivity index (χ4v) is 2.77. The molecule has 1 heterocycles. The quantitative estimate of drug-likeness (QED) is 0.939. The van der Waals surface area contributed by atoms with Gasteiger partial charge in [0.25, 0.3) is 11.8 Å². The van der Waals surface area contributed by atoms with Crippen LogP contribution in [0.5, 0.6) is 5.75 Å². The summed E-state index contributed by atoms with van der Waals surface area (Å²) in [6.45, 7) is 1.74. The van der Waals surface area contributed by atoms with Gasteiger partial charge in [-0.3, -0.25) is 14.9 Å². The van der Waals surface area contributed by atoms with Crippen LogP contribution in [0.4, 0.5) is 5.13 Å². The van der Waals surface area contributed by atoms with Crippen molar-refractivity contribution in [2.45, 2.75) is 6.92 Å². The van der Waals surface area contributed by atoms with E-state index in [9.17, 15) is 9.59 Å². The number of benzene rings is 1. The third-order valence-electron chi connectivity index (χ3n) is 2.95. The fourth-order valence-electron chi connectivity index (χ4n) is 1.79. The molecule has 0 radical (unpaired) electrons. The van der Waals surface area contributed by atoms with Crippen molar-refractivity contribution in [2.24, 2.45) is 0 Å². The van der Waals surface area contributed by atoms with Crippen LogP contribution < -0.4 is 10.1 Å². The molecule has 0 aliphatic rings. The number of aromatic nitrogens is 1. The van der Waals surface area contributed by atoms with Gasteiger partial charge in [-0.05, 0) is 25.1 Å². The Balaban J connectivity index is 2.18. The molecule has 0 atom stereocenters. The van der Waals surface area contributed by atoms with Crippen molar-refractivity contribution in [3.63, 3.8) is 0 Å². The number of ether oxygens (including phenoxy) is 1. The molecule has 2 aromatic rings. The molecule has 1 aromatic heterocycles. The summed E-state index contributed by atoms with van der Waals surface area (Å²) in [6, 6.07) is 6.83. The summed E-state index contributed by atoms with van der Waals surface area (Å²) in [6.07, 6.45) is 0. The molecule has 0 fully saturated rings. The first-order valence-electron chi connectivity index (χ1n) is 6.57. The normalized spacial score (nSPS) is 10.2. The Morgan fingerprint density at radius 3 is 2.68 bits per heavy atom. The van der Waals surface area contributed by atoms with Crippen LogP contribution in [0.2, 0.25) is 0 Å². The van der Waals surface area contributed by atoms with Crippen molar-refractivity contribution in [3.8, 4) is 5.75 Å². The van der Waals surface area contributed by atoms with Gasteiger partial charge in [0.15, 0.2) is 5.13 Å². The predicted molar refractivity (Wildman–Crippen MR) is 85.8 cm³/mol. The molecule has 0 aliphatic carbocycles. The number of hydrogen-bond donors (Lipinski definition) is 1. The van der Waals surface area contributed by atoms with E-state index in [2.05, 4.69) is 10.3 Å². The van der Waals surface area contributed by atoms with Gasteiger partial charge < -0.3 is 9.64 Å². The lowest BCUT2D eigenvalue weighted by atomic mass is 10.2. The number of methoxy groups -OCH3 is 1. The molecule has 0 spiro atoms. The van der Waals surface area contributed by atoms with Gasteiger partial charge in [-0.2, -0.15) is 0 Å². The zero-order valence-corrected chi connectivity index (χ0v) is 13.7. The molecule has 116 valence electrons. The highest BCUT2D eigenvalue weighted by atomic mass is 32.1. The van der Waals surface area contributed by atoms with Crippen LogP contribution in [0.15, 0.2) is 24.3 Å². The zero-order valence-electron chi connectivity index (χ0n) is 12.8. The average molecular weight is 319 g/mol. The smallest absolute Gasteiger partial charge is 0.265 e. The Morgan fingerprint density at radius 2 is 2.05 bits per heavy atom. The molecule has 22 heavy (non-hydrogen) atoms. The Kier molecular flexibility index (Phi) is 4.77. The van der Waals surface area contributed by atoms with Crippen molar-refractivity contribution in [2.75, 3.05) is 26.5 Å².